The van der Waals surface area contributed by atoms with Crippen LogP contribution in [-0.2, 0) is 43.6 Å². The van der Waals surface area contributed by atoms with E-state index in [4.69, 9.17) is 52.1 Å². The lowest BCUT2D eigenvalue weighted by molar-refractivity contribution is 0.233. The molecule has 782 valence electrons. The van der Waals surface area contributed by atoms with Crippen molar-refractivity contribution < 1.29 is 38.0 Å². The highest BCUT2D eigenvalue weighted by Gasteiger charge is 2.33. The highest BCUT2D eigenvalue weighted by molar-refractivity contribution is 7.17. The van der Waals surface area contributed by atoms with Gasteiger partial charge in [-0.3, -0.25) is 22.8 Å². The number of nitrogens with zero attached hydrogens (tertiary/aromatic N) is 20. The van der Waals surface area contributed by atoms with Gasteiger partial charge in [-0.15, -0.1) is 68.0 Å². The molecular weight excluding hydrogens is 2120 g/mol. The molecule has 0 aliphatic carbocycles. The van der Waals surface area contributed by atoms with Crippen LogP contribution >= 0.6 is 114 Å². The molecule has 0 fully saturated rings. The largest absolute Gasteiger partial charge is 0.387 e. The second-order valence-electron chi connectivity index (χ2n) is 38.2. The Morgan fingerprint density at radius 1 is 0.360 bits per heavy atom. The normalized spacial score (nSPS) is 16.9. The van der Waals surface area contributed by atoms with Crippen LogP contribution in [0.1, 0.15) is 131 Å². The van der Waals surface area contributed by atoms with Crippen molar-refractivity contribution in [3.63, 3.8) is 0 Å². The van der Waals surface area contributed by atoms with Crippen LogP contribution in [0, 0.1) is 57.9 Å². The smallest absolute Gasteiger partial charge is 0.352 e. The van der Waals surface area contributed by atoms with Crippen molar-refractivity contribution in [2.24, 2.45) is 5.73 Å². The molecule has 0 amide bonds. The van der Waals surface area contributed by atoms with Gasteiger partial charge < -0.3 is 50.7 Å². The van der Waals surface area contributed by atoms with E-state index in [9.17, 15) is 62.0 Å². The Kier molecular flexibility index (Phi) is 35.3. The van der Waals surface area contributed by atoms with Gasteiger partial charge in [0.05, 0.1) is 101 Å². The first-order valence-electron chi connectivity index (χ1n) is 47.6. The quantitative estimate of drug-likeness (QED) is 0.0442. The molecule has 0 saturated heterocycles. The number of rotatable bonds is 20. The fraction of sp³-hybridized carbons (Fsp3) is 0.311. The number of hydrogen-bond acceptors (Lipinski definition) is 31. The number of anilines is 5. The van der Waals surface area contributed by atoms with E-state index in [0.29, 0.717) is 149 Å². The number of thiophene rings is 6. The van der Waals surface area contributed by atoms with Crippen LogP contribution in [-0.4, -0.2) is 189 Å². The predicted molar refractivity (Wildman–Crippen MR) is 593 cm³/mol. The Balaban J connectivity index is 0.000000134. The van der Waals surface area contributed by atoms with E-state index in [1.165, 1.54) is 127 Å². The van der Waals surface area contributed by atoms with Crippen molar-refractivity contribution >= 4 is 172 Å². The van der Waals surface area contributed by atoms with Crippen LogP contribution in [0.5, 0.6) is 0 Å². The lowest BCUT2D eigenvalue weighted by Gasteiger charge is -2.31. The second-order valence-corrected chi connectivity index (χ2v) is 47.2. The zero-order chi connectivity index (χ0) is 107. The number of aryl methyl sites for hydroxylation is 5. The molecule has 44 heteroatoms. The molecule has 6 N–H and O–H groups in total. The van der Waals surface area contributed by atoms with Crippen molar-refractivity contribution in [3.8, 4) is 0 Å². The fourth-order valence-corrected chi connectivity index (χ4v) is 23.4. The molecule has 5 atom stereocenters. The molecule has 16 heterocycles. The van der Waals surface area contributed by atoms with Crippen LogP contribution in [0.4, 0.5) is 47.3 Å². The molecule has 15 aromatic rings. The minimum atomic E-state index is -0.849. The average molecular weight is 2230 g/mol. The van der Waals surface area contributed by atoms with E-state index in [2.05, 4.69) is 115 Å². The summed E-state index contributed by atoms with van der Waals surface area (Å²) in [5, 5.41) is 44.5. The number of aliphatic hydroxyl groups excluding tert-OH is 4. The summed E-state index contributed by atoms with van der Waals surface area (Å²) in [6.07, 6.45) is 9.31. The molecule has 0 unspecified atom stereocenters. The molecule has 0 radical (unpaired) electrons. The van der Waals surface area contributed by atoms with Gasteiger partial charge in [0.25, 0.3) is 0 Å². The molecule has 150 heavy (non-hydrogen) atoms. The number of halogens is 8. The molecule has 0 spiro atoms. The van der Waals surface area contributed by atoms with Crippen molar-refractivity contribution in [3.05, 3.63) is 384 Å². The van der Waals surface area contributed by atoms with E-state index in [0.717, 1.165) is 57.1 Å². The maximum Gasteiger partial charge on any atom is 0.352 e. The van der Waals surface area contributed by atoms with E-state index < -0.39 is 41.6 Å². The van der Waals surface area contributed by atoms with Crippen LogP contribution in [0.2, 0.25) is 18.0 Å². The zero-order valence-corrected chi connectivity index (χ0v) is 91.3. The standard InChI is InChI=1S/C24H27FN4O2S.C23H24ClFN4O2S.C20H19ClFN5OS.C20H18ClFN4O2S.C19H19ClN4O2S2/c1-15-5-6-16(11-19(15)25)18-9-10-28(13-20(18)30)22-26-14-29(23(31)27-22)12-17-7-8-21(32-17)24(2,3)4;1-23(2,3)20-7-5-15(32-20)11-29-13-26-21(27-22(29)31)28-9-8-16(19(30)12-28)14-4-6-18(25)17(24)10-14;1-12-24-19(25-20(28)27(12)10-15-6-7-18(21)29-15)26-9-8-16(17(23)11-26)13-2-4-14(22)5-3-13;1-12-23-19(24-20(28)26(12)10-15-6-7-18(21)29-15)25-9-8-16(17(27)11-25)13-2-4-14(22)5-3-13;1-11-7-16(27-10-11)14-5-6-23(9-15(14)25)18-21-12(2)24(19(26)22-18)8-13-3-4-17(20)28-13/h5-9,11,14,20,30H,10,12-13H2,1-4H3;4-8,10,13,19,30H,9,11-12H2,1-3H3;2-8,17H,9-11,23H2,1H3;2-8,17,27H,9-11H2,1H3;3-5,7,10,15,25H,6,8-9H2,1-2H3/t20-;19-;2*17-;15-/m00010/s1. The highest BCUT2D eigenvalue weighted by Crippen LogP contribution is 2.37. The van der Waals surface area contributed by atoms with Gasteiger partial charge in [0.2, 0.25) is 29.7 Å². The monoisotopic (exact) mass is 2230 g/mol. The van der Waals surface area contributed by atoms with Crippen molar-refractivity contribution in [2.75, 3.05) is 89.9 Å². The van der Waals surface area contributed by atoms with Crippen LogP contribution in [0.3, 0.4) is 0 Å². The molecular formula is C106H107Cl4F4N21O9S6. The number of benzene rings is 4. The summed E-state index contributed by atoms with van der Waals surface area (Å²) in [5.41, 5.74) is 13.2. The summed E-state index contributed by atoms with van der Waals surface area (Å²) >= 11 is 33.0. The van der Waals surface area contributed by atoms with Crippen molar-refractivity contribution in [1.29, 1.82) is 0 Å². The van der Waals surface area contributed by atoms with Gasteiger partial charge in [0.15, 0.2) is 0 Å². The van der Waals surface area contributed by atoms with E-state index >= 15 is 0 Å². The van der Waals surface area contributed by atoms with E-state index in [1.54, 1.807) is 131 Å². The SMILES string of the molecule is CC(C)(C)c1ccc(Cn2cnc(N3CC=C(c4ccc(F)c(Cl)c4)[C@@H](O)C3)nc2=O)s1.Cc1ccc(C2=CCN(c3ncn(Cc4ccc(C(C)(C)C)s4)c(=O)n3)C[C@@H]2O)cc1F.Cc1csc(C2=CCN(c3nc(C)n(Cc4ccc(Cl)s4)c(=O)n3)C[C@@H]2O)c1.Cc1nc(N2CC=C(c3ccc(F)cc3)[C@@H](N)C2)nc(=O)n1Cc1ccc(Cl)s1.Cc1nc(N2CC=C(c3ccc(F)cc3)[C@H](O)C2)nc(=O)n1Cc1ccc(Cl)s1. The van der Waals surface area contributed by atoms with Gasteiger partial charge >= 0.3 is 28.4 Å². The first-order valence-corrected chi connectivity index (χ1v) is 54.1. The first-order chi connectivity index (χ1) is 71.4. The van der Waals surface area contributed by atoms with Gasteiger partial charge in [-0.2, -0.15) is 39.9 Å². The molecule has 0 saturated carbocycles. The second kappa shape index (κ2) is 48.0. The fourth-order valence-electron chi connectivity index (χ4n) is 16.9. The molecule has 0 bridgehead atoms. The summed E-state index contributed by atoms with van der Waals surface area (Å²) in [6.45, 7) is 27.8. The lowest BCUT2D eigenvalue weighted by atomic mass is 9.95. The number of hydrogen-bond donors (Lipinski definition) is 5. The van der Waals surface area contributed by atoms with Crippen LogP contribution < -0.4 is 58.7 Å². The maximum atomic E-state index is 13.9. The maximum absolute atomic E-state index is 13.9. The van der Waals surface area contributed by atoms with Gasteiger partial charge in [0, 0.05) is 84.3 Å². The molecule has 4 aromatic carbocycles. The third-order valence-corrected chi connectivity index (χ3v) is 33.1. The van der Waals surface area contributed by atoms with Crippen molar-refractivity contribution in [2.45, 2.75) is 150 Å². The Morgan fingerprint density at radius 2 is 0.693 bits per heavy atom. The Labute approximate surface area is 905 Å². The minimum Gasteiger partial charge on any atom is -0.387 e. The zero-order valence-electron chi connectivity index (χ0n) is 83.4. The summed E-state index contributed by atoms with van der Waals surface area (Å²) < 4.78 is 63.2. The minimum absolute atomic E-state index is 0.00494. The number of aliphatic hydroxyl groups is 4. The first kappa shape index (κ1) is 110. The number of β-amino-alcohol motifs (C(OH)–C–C–N with tert-alkyl or cyclic N) is 4. The summed E-state index contributed by atoms with van der Waals surface area (Å²) in [6, 6.07) is 42.7. The van der Waals surface area contributed by atoms with E-state index in [-0.39, 0.29) is 93.9 Å². The Hall–Kier alpha value is -12.5. The molecule has 30 nitrogen and oxygen atoms in total. The van der Waals surface area contributed by atoms with Gasteiger partial charge in [-0.25, -0.2) is 51.5 Å². The summed E-state index contributed by atoms with van der Waals surface area (Å²) in [7, 11) is 0. The predicted octanol–water partition coefficient (Wildman–Crippen LogP) is 17.4. The van der Waals surface area contributed by atoms with Gasteiger partial charge in [0.1, 0.15) is 53.4 Å². The Morgan fingerprint density at radius 3 is 1.03 bits per heavy atom. The Bertz CT molecular complexity index is 7570. The van der Waals surface area contributed by atoms with Gasteiger partial charge in [-0.1, -0.05) is 161 Å². The van der Waals surface area contributed by atoms with Crippen molar-refractivity contribution in [1.82, 2.24) is 72.7 Å². The highest BCUT2D eigenvalue weighted by atomic mass is 35.5. The van der Waals surface area contributed by atoms with E-state index in [1.807, 2.05) is 83.5 Å². The molecule has 11 aromatic heterocycles. The summed E-state index contributed by atoms with van der Waals surface area (Å²) in [4.78, 5) is 123. The molecule has 5 aliphatic rings. The summed E-state index contributed by atoms with van der Waals surface area (Å²) in [5.74, 6) is 1.80. The van der Waals surface area contributed by atoms with Crippen LogP contribution in [0.25, 0.3) is 27.9 Å². The lowest BCUT2D eigenvalue weighted by Crippen LogP contribution is -2.44. The molecule has 20 rings (SSSR count). The number of nitrogens with two attached hydrogens (primary N) is 1. The average Bonchev–Trinajstić information content (AvgIpc) is 1.79. The van der Waals surface area contributed by atoms with Gasteiger partial charge in [-0.05, 0) is 221 Å². The topological polar surface area (TPSA) is 362 Å². The third-order valence-electron chi connectivity index (χ3n) is 25.1. The molecule has 5 aliphatic heterocycles. The third kappa shape index (κ3) is 27.5. The number of aromatic nitrogens is 15. The van der Waals surface area contributed by atoms with Crippen LogP contribution in [0.15, 0.2) is 224 Å².